The number of aryl methyl sites for hydroxylation is 1. The van der Waals surface area contributed by atoms with Crippen molar-refractivity contribution in [2.24, 2.45) is 5.92 Å². The zero-order chi connectivity index (χ0) is 14.0. The predicted octanol–water partition coefficient (Wildman–Crippen LogP) is 5.33. The van der Waals surface area contributed by atoms with E-state index in [4.69, 9.17) is 0 Å². The van der Waals surface area contributed by atoms with Gasteiger partial charge in [0.15, 0.2) is 0 Å². The quantitative estimate of drug-likeness (QED) is 0.718. The van der Waals surface area contributed by atoms with Gasteiger partial charge in [-0.25, -0.2) is 4.39 Å². The molecule has 0 N–H and O–H groups in total. The van der Waals surface area contributed by atoms with Crippen molar-refractivity contribution in [1.82, 2.24) is 0 Å². The fourth-order valence-electron chi connectivity index (χ4n) is 3.13. The first-order valence-electron chi connectivity index (χ1n) is 7.40. The first kappa shape index (κ1) is 14.9. The molecule has 106 valence electrons. The van der Waals surface area contributed by atoms with Crippen molar-refractivity contribution in [3.63, 3.8) is 0 Å². The van der Waals surface area contributed by atoms with E-state index in [1.807, 2.05) is 13.0 Å². The van der Waals surface area contributed by atoms with Crippen molar-refractivity contribution in [2.45, 2.75) is 58.1 Å². The molecule has 2 atom stereocenters. The van der Waals surface area contributed by atoms with Crippen LogP contribution < -0.4 is 0 Å². The summed E-state index contributed by atoms with van der Waals surface area (Å²) in [6.45, 7) is 8.44. The van der Waals surface area contributed by atoms with Crippen LogP contribution in [0.1, 0.15) is 56.2 Å². The molecule has 2 unspecified atom stereocenters. The van der Waals surface area contributed by atoms with Crippen molar-refractivity contribution in [1.29, 1.82) is 0 Å². The van der Waals surface area contributed by atoms with Gasteiger partial charge in [-0.15, -0.1) is 0 Å². The van der Waals surface area contributed by atoms with Crippen LogP contribution in [0.5, 0.6) is 0 Å². The second-order valence-electron chi connectivity index (χ2n) is 6.16. The molecule has 1 aliphatic rings. The average molecular weight is 280 g/mol. The smallest absolute Gasteiger partial charge is 0.130 e. The number of thioether (sulfide) groups is 1. The van der Waals surface area contributed by atoms with E-state index in [0.717, 1.165) is 28.4 Å². The van der Waals surface area contributed by atoms with Crippen LogP contribution in [0.4, 0.5) is 4.39 Å². The third-order valence-electron chi connectivity index (χ3n) is 4.20. The summed E-state index contributed by atoms with van der Waals surface area (Å²) in [5.41, 5.74) is 2.90. The Morgan fingerprint density at radius 1 is 1.32 bits per heavy atom. The lowest BCUT2D eigenvalue weighted by Crippen LogP contribution is -2.15. The predicted molar refractivity (Wildman–Crippen MR) is 83.6 cm³/mol. The lowest BCUT2D eigenvalue weighted by atomic mass is 9.90. The molecular formula is C17H25FS. The van der Waals surface area contributed by atoms with Crippen molar-refractivity contribution in [2.75, 3.05) is 5.75 Å². The van der Waals surface area contributed by atoms with Crippen LogP contribution in [0, 0.1) is 18.7 Å². The van der Waals surface area contributed by atoms with Crippen LogP contribution in [-0.4, -0.2) is 11.0 Å². The highest BCUT2D eigenvalue weighted by Crippen LogP contribution is 2.34. The lowest BCUT2D eigenvalue weighted by molar-refractivity contribution is 0.508. The SMILES string of the molecule is Cc1ccc(CC(C)C2CCCS2)c(F)c1C(C)C. The summed E-state index contributed by atoms with van der Waals surface area (Å²) in [6.07, 6.45) is 3.51. The minimum atomic E-state index is 0.0462. The molecule has 1 aromatic rings. The zero-order valence-corrected chi connectivity index (χ0v) is 13.3. The standard InChI is InChI=1S/C17H25FS/c1-11(2)16-12(3)7-8-14(17(16)18)10-13(4)15-6-5-9-19-15/h7-8,11,13,15H,5-6,9-10H2,1-4H3. The van der Waals surface area contributed by atoms with E-state index >= 15 is 0 Å². The maximum absolute atomic E-state index is 14.6. The molecule has 0 saturated carbocycles. The van der Waals surface area contributed by atoms with E-state index in [0.29, 0.717) is 5.92 Å². The maximum atomic E-state index is 14.6. The van der Waals surface area contributed by atoms with Crippen LogP contribution in [0.2, 0.25) is 0 Å². The minimum absolute atomic E-state index is 0.0462. The molecule has 0 nitrogen and oxygen atoms in total. The molecule has 19 heavy (non-hydrogen) atoms. The molecule has 2 heteroatoms. The van der Waals surface area contributed by atoms with E-state index in [-0.39, 0.29) is 11.7 Å². The number of halogens is 1. The second kappa shape index (κ2) is 6.30. The van der Waals surface area contributed by atoms with Gasteiger partial charge in [0.2, 0.25) is 0 Å². The highest BCUT2D eigenvalue weighted by Gasteiger charge is 2.24. The Hall–Kier alpha value is -0.500. The molecule has 0 bridgehead atoms. The molecule has 2 rings (SSSR count). The first-order chi connectivity index (χ1) is 9.00. The van der Waals surface area contributed by atoms with Crippen LogP contribution >= 0.6 is 11.8 Å². The maximum Gasteiger partial charge on any atom is 0.130 e. The molecule has 1 aliphatic heterocycles. The monoisotopic (exact) mass is 280 g/mol. The van der Waals surface area contributed by atoms with E-state index in [1.54, 1.807) is 0 Å². The van der Waals surface area contributed by atoms with Gasteiger partial charge in [-0.3, -0.25) is 0 Å². The van der Waals surface area contributed by atoms with Crippen LogP contribution in [0.3, 0.4) is 0 Å². The number of rotatable bonds is 4. The van der Waals surface area contributed by atoms with E-state index in [2.05, 4.69) is 38.6 Å². The number of hydrogen-bond acceptors (Lipinski definition) is 1. The molecule has 0 spiro atoms. The summed E-state index contributed by atoms with van der Waals surface area (Å²) >= 11 is 2.07. The molecule has 1 aromatic carbocycles. The molecular weight excluding hydrogens is 255 g/mol. The largest absolute Gasteiger partial charge is 0.206 e. The van der Waals surface area contributed by atoms with Crippen molar-refractivity contribution in [3.8, 4) is 0 Å². The summed E-state index contributed by atoms with van der Waals surface area (Å²) in [7, 11) is 0. The Labute approximate surface area is 121 Å². The third-order valence-corrected chi connectivity index (χ3v) is 5.85. The van der Waals surface area contributed by atoms with Crippen molar-refractivity contribution < 1.29 is 4.39 Å². The summed E-state index contributed by atoms with van der Waals surface area (Å²) in [4.78, 5) is 0. The van der Waals surface area contributed by atoms with Gasteiger partial charge in [0.1, 0.15) is 5.82 Å². The van der Waals surface area contributed by atoms with Gasteiger partial charge < -0.3 is 0 Å². The number of benzene rings is 1. The zero-order valence-electron chi connectivity index (χ0n) is 12.5. The summed E-state index contributed by atoms with van der Waals surface area (Å²) in [6, 6.07) is 4.08. The van der Waals surface area contributed by atoms with Gasteiger partial charge in [-0.2, -0.15) is 11.8 Å². The molecule has 1 heterocycles. The highest BCUT2D eigenvalue weighted by molar-refractivity contribution is 8.00. The summed E-state index contributed by atoms with van der Waals surface area (Å²) < 4.78 is 14.6. The molecule has 1 fully saturated rings. The molecule has 0 amide bonds. The lowest BCUT2D eigenvalue weighted by Gasteiger charge is -2.20. The van der Waals surface area contributed by atoms with Gasteiger partial charge in [-0.1, -0.05) is 32.9 Å². The Morgan fingerprint density at radius 3 is 2.63 bits per heavy atom. The fourth-order valence-corrected chi connectivity index (χ4v) is 4.52. The van der Waals surface area contributed by atoms with Crippen molar-refractivity contribution >= 4 is 11.8 Å². The van der Waals surface area contributed by atoms with E-state index < -0.39 is 0 Å². The summed E-state index contributed by atoms with van der Waals surface area (Å²) in [5.74, 6) is 2.16. The Morgan fingerprint density at radius 2 is 2.05 bits per heavy atom. The van der Waals surface area contributed by atoms with Gasteiger partial charge in [0, 0.05) is 5.25 Å². The molecule has 0 aromatic heterocycles. The van der Waals surface area contributed by atoms with Crippen LogP contribution in [0.25, 0.3) is 0 Å². The Bertz CT molecular complexity index is 433. The van der Waals surface area contributed by atoms with Gasteiger partial charge in [0.25, 0.3) is 0 Å². The van der Waals surface area contributed by atoms with Gasteiger partial charge in [0.05, 0.1) is 0 Å². The molecule has 1 saturated heterocycles. The topological polar surface area (TPSA) is 0 Å². The van der Waals surface area contributed by atoms with E-state index in [1.165, 1.54) is 18.6 Å². The fraction of sp³-hybridized carbons (Fsp3) is 0.647. The molecule has 0 aliphatic carbocycles. The Kier molecular flexibility index (Phi) is 4.94. The highest BCUT2D eigenvalue weighted by atomic mass is 32.2. The molecule has 0 radical (unpaired) electrons. The van der Waals surface area contributed by atoms with Crippen LogP contribution in [0.15, 0.2) is 12.1 Å². The van der Waals surface area contributed by atoms with Gasteiger partial charge >= 0.3 is 0 Å². The van der Waals surface area contributed by atoms with Gasteiger partial charge in [-0.05, 0) is 60.5 Å². The Balaban J connectivity index is 2.18. The normalized spacial score (nSPS) is 21.1. The number of hydrogen-bond donors (Lipinski definition) is 0. The second-order valence-corrected chi connectivity index (χ2v) is 7.50. The first-order valence-corrected chi connectivity index (χ1v) is 8.45. The van der Waals surface area contributed by atoms with Crippen molar-refractivity contribution in [3.05, 3.63) is 34.6 Å². The third kappa shape index (κ3) is 3.34. The average Bonchev–Trinajstić information content (AvgIpc) is 2.86. The minimum Gasteiger partial charge on any atom is -0.206 e. The van der Waals surface area contributed by atoms with E-state index in [9.17, 15) is 4.39 Å². The van der Waals surface area contributed by atoms with Crippen LogP contribution in [-0.2, 0) is 6.42 Å². The summed E-state index contributed by atoms with van der Waals surface area (Å²) in [5, 5.41) is 0.725.